The minimum absolute atomic E-state index is 0.00218. The van der Waals surface area contributed by atoms with Gasteiger partial charge in [0, 0.05) is 11.6 Å². The highest BCUT2D eigenvalue weighted by Crippen LogP contribution is 2.24. The summed E-state index contributed by atoms with van der Waals surface area (Å²) in [5, 5.41) is 0. The smallest absolute Gasteiger partial charge is 0.179 e. The minimum atomic E-state index is 0.00218. The number of benzene rings is 1. The average molecular weight is 273 g/mol. The second-order valence-electron chi connectivity index (χ2n) is 6.13. The van der Waals surface area contributed by atoms with Gasteiger partial charge in [0.25, 0.3) is 0 Å². The van der Waals surface area contributed by atoms with Crippen molar-refractivity contribution in [1.29, 1.82) is 0 Å². The molecule has 0 bridgehead atoms. The number of piperidine rings is 1. The molecule has 0 radical (unpaired) electrons. The van der Waals surface area contributed by atoms with Gasteiger partial charge < -0.3 is 0 Å². The van der Waals surface area contributed by atoms with Gasteiger partial charge in [0.1, 0.15) is 0 Å². The largest absolute Gasteiger partial charge is 0.292 e. The van der Waals surface area contributed by atoms with E-state index in [1.165, 1.54) is 30.4 Å². The Morgan fingerprint density at radius 3 is 2.70 bits per heavy atom. The first-order valence-corrected chi connectivity index (χ1v) is 7.91. The molecular formula is C18H27NO. The fourth-order valence-electron chi connectivity index (χ4n) is 3.26. The van der Waals surface area contributed by atoms with E-state index in [1.807, 2.05) is 12.1 Å². The van der Waals surface area contributed by atoms with Crippen LogP contribution in [-0.4, -0.2) is 29.3 Å². The van der Waals surface area contributed by atoms with Crippen LogP contribution >= 0.6 is 0 Å². The highest BCUT2D eigenvalue weighted by molar-refractivity contribution is 6.00. The summed E-state index contributed by atoms with van der Waals surface area (Å²) in [5.41, 5.74) is 3.31. The second-order valence-corrected chi connectivity index (χ2v) is 6.13. The number of likely N-dealkylation sites (tertiary alicyclic amines) is 1. The second kappa shape index (κ2) is 6.53. The third-order valence-electron chi connectivity index (χ3n) is 4.81. The van der Waals surface area contributed by atoms with E-state index in [0.717, 1.165) is 18.5 Å². The van der Waals surface area contributed by atoms with Crippen LogP contribution in [0.5, 0.6) is 0 Å². The first-order valence-electron chi connectivity index (χ1n) is 7.91. The van der Waals surface area contributed by atoms with Crippen molar-refractivity contribution in [2.24, 2.45) is 0 Å². The Kier molecular flexibility index (Phi) is 4.98. The van der Waals surface area contributed by atoms with Crippen LogP contribution in [0, 0.1) is 13.8 Å². The molecule has 0 N–H and O–H groups in total. The lowest BCUT2D eigenvalue weighted by Crippen LogP contribution is -2.48. The van der Waals surface area contributed by atoms with Crippen molar-refractivity contribution in [3.8, 4) is 0 Å². The van der Waals surface area contributed by atoms with E-state index in [0.29, 0.717) is 6.04 Å². The van der Waals surface area contributed by atoms with E-state index >= 15 is 0 Å². The van der Waals surface area contributed by atoms with Crippen molar-refractivity contribution in [3.63, 3.8) is 0 Å². The van der Waals surface area contributed by atoms with Crippen molar-refractivity contribution in [3.05, 3.63) is 34.9 Å². The molecule has 20 heavy (non-hydrogen) atoms. The molecule has 2 atom stereocenters. The van der Waals surface area contributed by atoms with Gasteiger partial charge >= 0.3 is 0 Å². The van der Waals surface area contributed by atoms with Crippen molar-refractivity contribution in [2.45, 2.75) is 65.5 Å². The maximum atomic E-state index is 12.7. The van der Waals surface area contributed by atoms with Gasteiger partial charge in [-0.3, -0.25) is 9.69 Å². The zero-order chi connectivity index (χ0) is 14.7. The molecule has 1 aliphatic heterocycles. The topological polar surface area (TPSA) is 20.3 Å². The fourth-order valence-corrected chi connectivity index (χ4v) is 3.26. The molecule has 1 fully saturated rings. The quantitative estimate of drug-likeness (QED) is 0.768. The summed E-state index contributed by atoms with van der Waals surface area (Å²) < 4.78 is 0. The Morgan fingerprint density at radius 1 is 1.30 bits per heavy atom. The van der Waals surface area contributed by atoms with E-state index in [4.69, 9.17) is 0 Å². The third kappa shape index (κ3) is 3.12. The summed E-state index contributed by atoms with van der Waals surface area (Å²) in [6, 6.07) is 6.66. The lowest BCUT2D eigenvalue weighted by atomic mass is 9.94. The predicted molar refractivity (Wildman–Crippen MR) is 84.3 cm³/mol. The number of Topliss-reactive ketones (excluding diaryl/α,β-unsaturated/α-hetero) is 1. The Bertz CT molecular complexity index is 480. The van der Waals surface area contributed by atoms with Crippen LogP contribution in [-0.2, 0) is 0 Å². The summed E-state index contributed by atoms with van der Waals surface area (Å²) in [4.78, 5) is 15.1. The van der Waals surface area contributed by atoms with Crippen LogP contribution in [0.25, 0.3) is 0 Å². The standard InChI is InChI=1S/C18H27NO/c1-5-17-8-6-7-11-19(17)15(4)18(20)16-10-9-13(2)14(3)12-16/h9-10,12,15,17H,5-8,11H2,1-4H3. The monoisotopic (exact) mass is 273 g/mol. The third-order valence-corrected chi connectivity index (χ3v) is 4.81. The summed E-state index contributed by atoms with van der Waals surface area (Å²) in [6.45, 7) is 9.54. The summed E-state index contributed by atoms with van der Waals surface area (Å²) in [6.07, 6.45) is 4.91. The maximum Gasteiger partial charge on any atom is 0.179 e. The molecule has 0 spiro atoms. The molecule has 0 saturated carbocycles. The summed E-state index contributed by atoms with van der Waals surface area (Å²) in [5.74, 6) is 0.272. The molecule has 1 saturated heterocycles. The van der Waals surface area contributed by atoms with E-state index in [9.17, 15) is 4.79 Å². The van der Waals surface area contributed by atoms with Crippen molar-refractivity contribution in [2.75, 3.05) is 6.54 Å². The molecule has 0 aliphatic carbocycles. The SMILES string of the molecule is CCC1CCCCN1C(C)C(=O)c1ccc(C)c(C)c1. The van der Waals surface area contributed by atoms with Gasteiger partial charge in [-0.1, -0.05) is 25.5 Å². The van der Waals surface area contributed by atoms with Crippen LogP contribution in [0.3, 0.4) is 0 Å². The zero-order valence-electron chi connectivity index (χ0n) is 13.3. The van der Waals surface area contributed by atoms with Gasteiger partial charge in [-0.2, -0.15) is 0 Å². The number of hydrogen-bond donors (Lipinski definition) is 0. The number of aryl methyl sites for hydroxylation is 2. The molecule has 0 amide bonds. The molecule has 1 aliphatic rings. The van der Waals surface area contributed by atoms with Crippen molar-refractivity contribution < 1.29 is 4.79 Å². The number of carbonyl (C=O) groups is 1. The molecule has 2 heteroatoms. The minimum Gasteiger partial charge on any atom is -0.292 e. The molecule has 2 unspecified atom stereocenters. The average Bonchev–Trinajstić information content (AvgIpc) is 2.48. The summed E-state index contributed by atoms with van der Waals surface area (Å²) in [7, 11) is 0. The van der Waals surface area contributed by atoms with Crippen LogP contribution in [0.2, 0.25) is 0 Å². The number of hydrogen-bond acceptors (Lipinski definition) is 2. The van der Waals surface area contributed by atoms with Gasteiger partial charge in [0.15, 0.2) is 5.78 Å². The molecule has 2 nitrogen and oxygen atoms in total. The van der Waals surface area contributed by atoms with Crippen LogP contribution < -0.4 is 0 Å². The van der Waals surface area contributed by atoms with Crippen molar-refractivity contribution in [1.82, 2.24) is 4.90 Å². The van der Waals surface area contributed by atoms with Crippen molar-refractivity contribution >= 4 is 5.78 Å². The van der Waals surface area contributed by atoms with Gasteiger partial charge in [0.05, 0.1) is 6.04 Å². The maximum absolute atomic E-state index is 12.7. The van der Waals surface area contributed by atoms with Crippen LogP contribution in [0.15, 0.2) is 18.2 Å². The first kappa shape index (κ1) is 15.2. The van der Waals surface area contributed by atoms with E-state index in [1.54, 1.807) is 0 Å². The molecular weight excluding hydrogens is 246 g/mol. The lowest BCUT2D eigenvalue weighted by Gasteiger charge is -2.38. The molecule has 1 heterocycles. The summed E-state index contributed by atoms with van der Waals surface area (Å²) >= 11 is 0. The van der Waals surface area contributed by atoms with E-state index < -0.39 is 0 Å². The van der Waals surface area contributed by atoms with Gasteiger partial charge in [-0.05, 0) is 63.8 Å². The Hall–Kier alpha value is -1.15. The molecule has 110 valence electrons. The fraction of sp³-hybridized carbons (Fsp3) is 0.611. The molecule has 0 aromatic heterocycles. The van der Waals surface area contributed by atoms with Gasteiger partial charge in [0.2, 0.25) is 0 Å². The Morgan fingerprint density at radius 2 is 2.05 bits per heavy atom. The van der Waals surface area contributed by atoms with E-state index in [2.05, 4.69) is 38.7 Å². The number of rotatable bonds is 4. The number of carbonyl (C=O) groups excluding carboxylic acids is 1. The molecule has 1 aromatic carbocycles. The molecule has 2 rings (SSSR count). The van der Waals surface area contributed by atoms with Gasteiger partial charge in [-0.25, -0.2) is 0 Å². The zero-order valence-corrected chi connectivity index (χ0v) is 13.3. The number of ketones is 1. The Balaban J connectivity index is 2.16. The Labute approximate surface area is 123 Å². The predicted octanol–water partition coefficient (Wildman–Crippen LogP) is 4.14. The number of nitrogens with zero attached hydrogens (tertiary/aromatic N) is 1. The highest BCUT2D eigenvalue weighted by Gasteiger charge is 2.29. The normalized spacial score (nSPS) is 21.7. The first-order chi connectivity index (χ1) is 9.54. The van der Waals surface area contributed by atoms with E-state index in [-0.39, 0.29) is 11.8 Å². The van der Waals surface area contributed by atoms with Crippen LogP contribution in [0.4, 0.5) is 0 Å². The lowest BCUT2D eigenvalue weighted by molar-refractivity contribution is 0.0661. The highest BCUT2D eigenvalue weighted by atomic mass is 16.1. The van der Waals surface area contributed by atoms with Crippen LogP contribution in [0.1, 0.15) is 61.0 Å². The molecule has 1 aromatic rings. The van der Waals surface area contributed by atoms with Gasteiger partial charge in [-0.15, -0.1) is 0 Å².